The summed E-state index contributed by atoms with van der Waals surface area (Å²) in [7, 11) is 0. The van der Waals surface area contributed by atoms with Gasteiger partial charge in [0.05, 0.1) is 0 Å². The molecule has 0 amide bonds. The molecule has 21 heavy (non-hydrogen) atoms. The van der Waals surface area contributed by atoms with Crippen molar-refractivity contribution in [2.45, 2.75) is 58.9 Å². The van der Waals surface area contributed by atoms with E-state index in [2.05, 4.69) is 59.8 Å². The molecule has 1 heterocycles. The lowest BCUT2D eigenvalue weighted by Gasteiger charge is -2.42. The molecule has 1 aliphatic rings. The first-order valence-corrected chi connectivity index (χ1v) is 9.08. The molecule has 1 atom stereocenters. The van der Waals surface area contributed by atoms with Crippen molar-refractivity contribution in [2.24, 2.45) is 11.1 Å². The van der Waals surface area contributed by atoms with Crippen LogP contribution >= 0.6 is 15.9 Å². The number of nitrogens with zero attached hydrogens (tertiary/aromatic N) is 1. The second-order valence-corrected chi connectivity index (χ2v) is 7.51. The molecule has 1 aliphatic heterocycles. The van der Waals surface area contributed by atoms with Crippen molar-refractivity contribution < 1.29 is 0 Å². The van der Waals surface area contributed by atoms with Crippen LogP contribution < -0.4 is 10.6 Å². The molecule has 2 N–H and O–H groups in total. The van der Waals surface area contributed by atoms with Crippen LogP contribution in [0.5, 0.6) is 0 Å². The highest BCUT2D eigenvalue weighted by Crippen LogP contribution is 2.39. The highest BCUT2D eigenvalue weighted by Gasteiger charge is 2.31. The van der Waals surface area contributed by atoms with Gasteiger partial charge in [-0.05, 0) is 49.3 Å². The van der Waals surface area contributed by atoms with E-state index in [1.54, 1.807) is 0 Å². The lowest BCUT2D eigenvalue weighted by atomic mass is 9.74. The van der Waals surface area contributed by atoms with Crippen LogP contribution in [0.15, 0.2) is 22.7 Å². The number of piperidine rings is 1. The molecule has 0 saturated carbocycles. The Morgan fingerprint density at radius 2 is 1.86 bits per heavy atom. The van der Waals surface area contributed by atoms with E-state index < -0.39 is 0 Å². The van der Waals surface area contributed by atoms with Crippen LogP contribution in [0.3, 0.4) is 0 Å². The summed E-state index contributed by atoms with van der Waals surface area (Å²) < 4.78 is 1.19. The number of nitrogens with two attached hydrogens (primary N) is 1. The van der Waals surface area contributed by atoms with E-state index in [0.717, 1.165) is 6.42 Å². The van der Waals surface area contributed by atoms with Gasteiger partial charge in [0, 0.05) is 29.3 Å². The Balaban J connectivity index is 2.05. The standard InChI is InChI=1S/C18H29BrN2/c1-4-18(5-2)8-10-21(11-9-18)16-7-6-15(12-14(3)20)17(19)13-16/h6-7,13-14H,4-5,8-12,20H2,1-3H3. The Kier molecular flexibility index (Phi) is 5.73. The topological polar surface area (TPSA) is 29.3 Å². The molecular formula is C18H29BrN2. The van der Waals surface area contributed by atoms with Crippen LogP contribution in [0.2, 0.25) is 0 Å². The minimum atomic E-state index is 0.205. The average molecular weight is 353 g/mol. The van der Waals surface area contributed by atoms with E-state index in [-0.39, 0.29) is 6.04 Å². The minimum Gasteiger partial charge on any atom is -0.371 e. The van der Waals surface area contributed by atoms with Crippen LogP contribution in [0.25, 0.3) is 0 Å². The highest BCUT2D eigenvalue weighted by molar-refractivity contribution is 9.10. The fourth-order valence-corrected chi connectivity index (χ4v) is 3.97. The van der Waals surface area contributed by atoms with Crippen molar-refractivity contribution in [3.8, 4) is 0 Å². The monoisotopic (exact) mass is 352 g/mol. The minimum absolute atomic E-state index is 0.205. The van der Waals surface area contributed by atoms with Gasteiger partial charge >= 0.3 is 0 Å². The fraction of sp³-hybridized carbons (Fsp3) is 0.667. The maximum absolute atomic E-state index is 5.90. The molecule has 1 fully saturated rings. The van der Waals surface area contributed by atoms with E-state index in [4.69, 9.17) is 5.73 Å². The summed E-state index contributed by atoms with van der Waals surface area (Å²) in [5.74, 6) is 0. The van der Waals surface area contributed by atoms with Gasteiger partial charge in [-0.3, -0.25) is 0 Å². The molecule has 1 aromatic carbocycles. The summed E-state index contributed by atoms with van der Waals surface area (Å²) in [5.41, 5.74) is 9.14. The number of rotatable bonds is 5. The predicted molar refractivity (Wildman–Crippen MR) is 96.0 cm³/mol. The zero-order chi connectivity index (χ0) is 15.5. The molecule has 1 saturated heterocycles. The lowest BCUT2D eigenvalue weighted by Crippen LogP contribution is -2.39. The Bertz CT molecular complexity index is 456. The average Bonchev–Trinajstić information content (AvgIpc) is 2.49. The zero-order valence-electron chi connectivity index (χ0n) is 13.7. The van der Waals surface area contributed by atoms with Crippen molar-refractivity contribution in [1.82, 2.24) is 0 Å². The van der Waals surface area contributed by atoms with Gasteiger partial charge in [-0.25, -0.2) is 0 Å². The fourth-order valence-electron chi connectivity index (χ4n) is 3.44. The van der Waals surface area contributed by atoms with Gasteiger partial charge in [0.25, 0.3) is 0 Å². The van der Waals surface area contributed by atoms with Crippen LogP contribution in [0, 0.1) is 5.41 Å². The van der Waals surface area contributed by atoms with Gasteiger partial charge in [-0.2, -0.15) is 0 Å². The van der Waals surface area contributed by atoms with E-state index in [0.29, 0.717) is 5.41 Å². The zero-order valence-corrected chi connectivity index (χ0v) is 15.2. The first-order chi connectivity index (χ1) is 9.99. The lowest BCUT2D eigenvalue weighted by molar-refractivity contribution is 0.199. The van der Waals surface area contributed by atoms with Crippen molar-refractivity contribution in [3.63, 3.8) is 0 Å². The smallest absolute Gasteiger partial charge is 0.0377 e. The summed E-state index contributed by atoms with van der Waals surface area (Å²) in [5, 5.41) is 0. The summed E-state index contributed by atoms with van der Waals surface area (Å²) in [6, 6.07) is 6.96. The second-order valence-electron chi connectivity index (χ2n) is 6.65. The number of benzene rings is 1. The summed E-state index contributed by atoms with van der Waals surface area (Å²) >= 11 is 3.71. The first kappa shape index (κ1) is 16.8. The molecule has 118 valence electrons. The molecule has 0 bridgehead atoms. The van der Waals surface area contributed by atoms with E-state index in [1.807, 2.05) is 0 Å². The first-order valence-electron chi connectivity index (χ1n) is 8.28. The Morgan fingerprint density at radius 3 is 2.33 bits per heavy atom. The third-order valence-electron chi connectivity index (χ3n) is 5.27. The summed E-state index contributed by atoms with van der Waals surface area (Å²) in [6.07, 6.45) is 6.19. The van der Waals surface area contributed by atoms with E-state index in [9.17, 15) is 0 Å². The van der Waals surface area contributed by atoms with Gasteiger partial charge in [0.1, 0.15) is 0 Å². The molecule has 2 rings (SSSR count). The number of hydrogen-bond acceptors (Lipinski definition) is 2. The Morgan fingerprint density at radius 1 is 1.24 bits per heavy atom. The molecule has 0 aromatic heterocycles. The van der Waals surface area contributed by atoms with Crippen LogP contribution in [-0.4, -0.2) is 19.1 Å². The third kappa shape index (κ3) is 4.01. The molecule has 1 unspecified atom stereocenters. The van der Waals surface area contributed by atoms with Crippen molar-refractivity contribution in [2.75, 3.05) is 18.0 Å². The van der Waals surface area contributed by atoms with Crippen molar-refractivity contribution >= 4 is 21.6 Å². The molecule has 2 nitrogen and oxygen atoms in total. The molecule has 1 aromatic rings. The number of halogens is 1. The second kappa shape index (κ2) is 7.15. The number of hydrogen-bond donors (Lipinski definition) is 1. The van der Waals surface area contributed by atoms with Gasteiger partial charge in [-0.1, -0.05) is 48.7 Å². The SMILES string of the molecule is CCC1(CC)CCN(c2ccc(CC(C)N)c(Br)c2)CC1. The normalized spacial score (nSPS) is 19.6. The molecule has 3 heteroatoms. The molecule has 0 radical (unpaired) electrons. The van der Waals surface area contributed by atoms with Crippen LogP contribution in [-0.2, 0) is 6.42 Å². The number of anilines is 1. The van der Waals surface area contributed by atoms with E-state index in [1.165, 1.54) is 54.5 Å². The van der Waals surface area contributed by atoms with Gasteiger partial charge in [-0.15, -0.1) is 0 Å². The van der Waals surface area contributed by atoms with Crippen molar-refractivity contribution in [1.29, 1.82) is 0 Å². The summed E-state index contributed by atoms with van der Waals surface area (Å²) in [4.78, 5) is 2.53. The molecule has 0 spiro atoms. The summed E-state index contributed by atoms with van der Waals surface area (Å²) in [6.45, 7) is 9.11. The maximum Gasteiger partial charge on any atom is 0.0377 e. The van der Waals surface area contributed by atoms with Gasteiger partial charge < -0.3 is 10.6 Å². The van der Waals surface area contributed by atoms with Crippen LogP contribution in [0.4, 0.5) is 5.69 Å². The highest BCUT2D eigenvalue weighted by atomic mass is 79.9. The van der Waals surface area contributed by atoms with Gasteiger partial charge in [0.15, 0.2) is 0 Å². The van der Waals surface area contributed by atoms with E-state index >= 15 is 0 Å². The van der Waals surface area contributed by atoms with Gasteiger partial charge in [0.2, 0.25) is 0 Å². The predicted octanol–water partition coefficient (Wildman–Crippen LogP) is 4.75. The Labute approximate surface area is 138 Å². The third-order valence-corrected chi connectivity index (χ3v) is 6.01. The largest absolute Gasteiger partial charge is 0.371 e. The van der Waals surface area contributed by atoms with Crippen molar-refractivity contribution in [3.05, 3.63) is 28.2 Å². The Hall–Kier alpha value is -0.540. The quantitative estimate of drug-likeness (QED) is 0.828. The maximum atomic E-state index is 5.90. The van der Waals surface area contributed by atoms with Crippen LogP contribution in [0.1, 0.15) is 52.0 Å². The molecular weight excluding hydrogens is 324 g/mol. The molecule has 0 aliphatic carbocycles.